The van der Waals surface area contributed by atoms with Crippen LogP contribution in [0.1, 0.15) is 125 Å². The van der Waals surface area contributed by atoms with Gasteiger partial charge in [0.25, 0.3) is 0 Å². The summed E-state index contributed by atoms with van der Waals surface area (Å²) >= 11 is 5.85. The van der Waals surface area contributed by atoms with Crippen LogP contribution in [-0.2, 0) is 9.53 Å². The first kappa shape index (κ1) is 26.8. The number of alkyl halides is 1. The molecule has 0 bridgehead atoms. The molecule has 4 saturated carbocycles. The average molecular weight is 493 g/mol. The molecule has 2 nitrogen and oxygen atoms in total. The fraction of sp³-hybridized carbons (Fsp3) is 0.968. The standard InChI is InChI=1S/C31H53ClO2/c1-21(2)9-6-10-22(3)25-16-17-26-24-15-14-23-11-7-12-28(34-29(33)13-8-20-32)31(23,5)27(24)18-19-30(25,26)4/h21-28H,6-20H2,1-5H3/t22-,23+,24+,25-,26-,27-,28?,30+,31-/m0/s1. The third kappa shape index (κ3) is 4.97. The van der Waals surface area contributed by atoms with E-state index in [4.69, 9.17) is 16.3 Å². The van der Waals surface area contributed by atoms with Crippen LogP contribution in [0.2, 0.25) is 0 Å². The molecule has 0 aromatic rings. The fourth-order valence-corrected chi connectivity index (χ4v) is 10.1. The van der Waals surface area contributed by atoms with Crippen LogP contribution in [0.25, 0.3) is 0 Å². The number of rotatable bonds is 9. The van der Waals surface area contributed by atoms with Gasteiger partial charge in [-0.2, -0.15) is 0 Å². The van der Waals surface area contributed by atoms with E-state index in [1.54, 1.807) is 0 Å². The maximum atomic E-state index is 12.6. The second-order valence-electron chi connectivity index (χ2n) is 13.7. The highest BCUT2D eigenvalue weighted by Gasteiger charge is 2.62. The lowest BCUT2D eigenvalue weighted by molar-refractivity contribution is -0.192. The molecule has 4 rings (SSSR count). The molecule has 0 aliphatic heterocycles. The monoisotopic (exact) mass is 492 g/mol. The number of esters is 1. The Morgan fingerprint density at radius 1 is 0.941 bits per heavy atom. The quantitative estimate of drug-likeness (QED) is 0.237. The van der Waals surface area contributed by atoms with Gasteiger partial charge in [0.15, 0.2) is 0 Å². The Hall–Kier alpha value is -0.240. The van der Waals surface area contributed by atoms with Crippen molar-refractivity contribution < 1.29 is 9.53 Å². The molecule has 0 heterocycles. The lowest BCUT2D eigenvalue weighted by atomic mass is 9.44. The minimum absolute atomic E-state index is 0.00792. The van der Waals surface area contributed by atoms with Crippen molar-refractivity contribution in [1.82, 2.24) is 0 Å². The normalized spacial score (nSPS) is 42.6. The summed E-state index contributed by atoms with van der Waals surface area (Å²) in [7, 11) is 0. The molecule has 34 heavy (non-hydrogen) atoms. The Kier molecular flexibility index (Phi) is 8.69. The van der Waals surface area contributed by atoms with Gasteiger partial charge in [0.1, 0.15) is 6.10 Å². The molecule has 0 aromatic carbocycles. The number of halogens is 1. The van der Waals surface area contributed by atoms with Gasteiger partial charge in [-0.05, 0) is 111 Å². The average Bonchev–Trinajstić information content (AvgIpc) is 3.15. The highest BCUT2D eigenvalue weighted by molar-refractivity contribution is 6.17. The van der Waals surface area contributed by atoms with Gasteiger partial charge < -0.3 is 4.74 Å². The van der Waals surface area contributed by atoms with Crippen molar-refractivity contribution in [3.8, 4) is 0 Å². The predicted molar refractivity (Wildman–Crippen MR) is 143 cm³/mol. The zero-order valence-corrected chi connectivity index (χ0v) is 23.7. The summed E-state index contributed by atoms with van der Waals surface area (Å²) in [5.74, 6) is 6.35. The third-order valence-corrected chi connectivity index (χ3v) is 11.9. The van der Waals surface area contributed by atoms with E-state index in [0.717, 1.165) is 54.3 Å². The molecule has 1 unspecified atom stereocenters. The van der Waals surface area contributed by atoms with Crippen LogP contribution in [0.15, 0.2) is 0 Å². The van der Waals surface area contributed by atoms with Crippen molar-refractivity contribution >= 4 is 17.6 Å². The van der Waals surface area contributed by atoms with Gasteiger partial charge in [-0.15, -0.1) is 11.6 Å². The fourth-order valence-electron chi connectivity index (χ4n) is 9.93. The van der Waals surface area contributed by atoms with Crippen LogP contribution in [0, 0.1) is 52.3 Å². The summed E-state index contributed by atoms with van der Waals surface area (Å²) in [6.45, 7) is 12.5. The number of carbonyl (C=O) groups excluding carboxylic acids is 1. The maximum absolute atomic E-state index is 12.6. The third-order valence-electron chi connectivity index (χ3n) is 11.7. The van der Waals surface area contributed by atoms with Crippen LogP contribution in [-0.4, -0.2) is 18.0 Å². The predicted octanol–water partition coefficient (Wildman–Crippen LogP) is 9.04. The molecule has 3 heteroatoms. The Balaban J connectivity index is 1.48. The van der Waals surface area contributed by atoms with E-state index in [1.165, 1.54) is 70.6 Å². The molecule has 0 radical (unpaired) electrons. The summed E-state index contributed by atoms with van der Waals surface area (Å²) in [6.07, 6.45) is 17.6. The molecule has 0 spiro atoms. The molecule has 196 valence electrons. The summed E-state index contributed by atoms with van der Waals surface area (Å²) in [6, 6.07) is 0. The van der Waals surface area contributed by atoms with E-state index in [-0.39, 0.29) is 17.5 Å². The Labute approximate surface area is 215 Å². The van der Waals surface area contributed by atoms with Gasteiger partial charge in [0, 0.05) is 17.7 Å². The minimum atomic E-state index is -0.00792. The lowest BCUT2D eigenvalue weighted by Gasteiger charge is -2.62. The van der Waals surface area contributed by atoms with E-state index < -0.39 is 0 Å². The van der Waals surface area contributed by atoms with E-state index in [0.29, 0.717) is 17.7 Å². The lowest BCUT2D eigenvalue weighted by Crippen LogP contribution is -2.58. The first-order chi connectivity index (χ1) is 16.2. The number of hydrogen-bond donors (Lipinski definition) is 0. The summed E-state index contributed by atoms with van der Waals surface area (Å²) < 4.78 is 6.28. The summed E-state index contributed by atoms with van der Waals surface area (Å²) in [4.78, 5) is 12.6. The highest BCUT2D eigenvalue weighted by Crippen LogP contribution is 2.68. The Bertz CT molecular complexity index is 691. The van der Waals surface area contributed by atoms with E-state index in [9.17, 15) is 4.79 Å². The Morgan fingerprint density at radius 2 is 1.74 bits per heavy atom. The summed E-state index contributed by atoms with van der Waals surface area (Å²) in [5.41, 5.74) is 0.711. The second kappa shape index (κ2) is 11.0. The second-order valence-corrected chi connectivity index (χ2v) is 14.1. The van der Waals surface area contributed by atoms with Gasteiger partial charge in [-0.25, -0.2) is 0 Å². The summed E-state index contributed by atoms with van der Waals surface area (Å²) in [5, 5.41) is 0. The molecule has 4 fully saturated rings. The molecule has 0 N–H and O–H groups in total. The van der Waals surface area contributed by atoms with Crippen molar-refractivity contribution in [2.45, 2.75) is 131 Å². The van der Waals surface area contributed by atoms with E-state index >= 15 is 0 Å². The van der Waals surface area contributed by atoms with Crippen molar-refractivity contribution in [3.05, 3.63) is 0 Å². The van der Waals surface area contributed by atoms with Crippen molar-refractivity contribution in [2.75, 3.05) is 5.88 Å². The molecular weight excluding hydrogens is 440 g/mol. The minimum Gasteiger partial charge on any atom is -0.462 e. The largest absolute Gasteiger partial charge is 0.462 e. The first-order valence-electron chi connectivity index (χ1n) is 15.0. The zero-order valence-electron chi connectivity index (χ0n) is 22.9. The SMILES string of the molecule is CC(C)CCC[C@H](C)[C@@H]1CC[C@H]2[C@H]3CC[C@H]4CCCC(OC(=O)CCCCl)[C@]4(C)[C@H]3CC[C@@]21C. The van der Waals surface area contributed by atoms with Gasteiger partial charge >= 0.3 is 5.97 Å². The van der Waals surface area contributed by atoms with Crippen molar-refractivity contribution in [1.29, 1.82) is 0 Å². The Morgan fingerprint density at radius 3 is 2.47 bits per heavy atom. The molecular formula is C31H53ClO2. The van der Waals surface area contributed by atoms with Gasteiger partial charge in [-0.1, -0.05) is 53.9 Å². The number of carbonyl (C=O) groups is 1. The first-order valence-corrected chi connectivity index (χ1v) is 15.5. The molecule has 4 aliphatic rings. The van der Waals surface area contributed by atoms with Crippen molar-refractivity contribution in [3.63, 3.8) is 0 Å². The van der Waals surface area contributed by atoms with Crippen LogP contribution in [0.4, 0.5) is 0 Å². The smallest absolute Gasteiger partial charge is 0.306 e. The maximum Gasteiger partial charge on any atom is 0.306 e. The van der Waals surface area contributed by atoms with E-state index in [2.05, 4.69) is 34.6 Å². The van der Waals surface area contributed by atoms with Gasteiger partial charge in [0.05, 0.1) is 0 Å². The van der Waals surface area contributed by atoms with Gasteiger partial charge in [-0.3, -0.25) is 4.79 Å². The van der Waals surface area contributed by atoms with E-state index in [1.807, 2.05) is 0 Å². The van der Waals surface area contributed by atoms with Gasteiger partial charge in [0.2, 0.25) is 0 Å². The molecule has 4 aliphatic carbocycles. The van der Waals surface area contributed by atoms with Crippen LogP contribution >= 0.6 is 11.6 Å². The highest BCUT2D eigenvalue weighted by atomic mass is 35.5. The molecule has 0 amide bonds. The topological polar surface area (TPSA) is 26.3 Å². The van der Waals surface area contributed by atoms with Crippen LogP contribution < -0.4 is 0 Å². The van der Waals surface area contributed by atoms with Crippen LogP contribution in [0.5, 0.6) is 0 Å². The number of ether oxygens (including phenoxy) is 1. The van der Waals surface area contributed by atoms with Crippen molar-refractivity contribution in [2.24, 2.45) is 52.3 Å². The number of fused-ring (bicyclic) bond motifs is 5. The zero-order chi connectivity index (χ0) is 24.5. The van der Waals surface area contributed by atoms with Crippen LogP contribution in [0.3, 0.4) is 0 Å². The number of hydrogen-bond acceptors (Lipinski definition) is 2. The molecule has 0 saturated heterocycles. The molecule has 9 atom stereocenters. The molecule has 0 aromatic heterocycles.